The molecule has 0 aliphatic carbocycles. The topological polar surface area (TPSA) is 79.7 Å². The molecule has 35 heavy (non-hydrogen) atoms. The van der Waals surface area contributed by atoms with Crippen molar-refractivity contribution in [2.45, 2.75) is 25.7 Å². The van der Waals surface area contributed by atoms with Crippen LogP contribution in [0.2, 0.25) is 0 Å². The Morgan fingerprint density at radius 1 is 1.11 bits per heavy atom. The zero-order valence-electron chi connectivity index (χ0n) is 19.5. The van der Waals surface area contributed by atoms with Crippen molar-refractivity contribution < 1.29 is 26.3 Å². The van der Waals surface area contributed by atoms with E-state index in [0.29, 0.717) is 37.7 Å². The number of nitrogens with zero attached hydrogens (tertiary/aromatic N) is 4. The number of aromatic nitrogens is 2. The molecule has 8 nitrogen and oxygen atoms in total. The highest BCUT2D eigenvalue weighted by Crippen LogP contribution is 2.27. The Hall–Kier alpha value is -2.83. The summed E-state index contributed by atoms with van der Waals surface area (Å²) in [5, 5.41) is 3.38. The van der Waals surface area contributed by atoms with Crippen molar-refractivity contribution >= 4 is 27.2 Å². The minimum Gasteiger partial charge on any atom is -0.406 e. The molecular weight excluding hydrogens is 483 g/mol. The molecule has 0 radical (unpaired) electrons. The lowest BCUT2D eigenvalue weighted by atomic mass is 9.98. The minimum atomic E-state index is -4.76. The van der Waals surface area contributed by atoms with Crippen molar-refractivity contribution in [3.63, 3.8) is 0 Å². The number of anilines is 1. The van der Waals surface area contributed by atoms with Gasteiger partial charge in [0.25, 0.3) is 10.2 Å². The summed E-state index contributed by atoms with van der Waals surface area (Å²) in [6, 6.07) is 13.5. The number of benzene rings is 2. The maximum Gasteiger partial charge on any atom is 0.573 e. The van der Waals surface area contributed by atoms with Crippen molar-refractivity contribution in [3.05, 3.63) is 54.1 Å². The number of ether oxygens (including phenoxy) is 1. The Morgan fingerprint density at radius 3 is 2.51 bits per heavy atom. The van der Waals surface area contributed by atoms with Gasteiger partial charge in [0.05, 0.1) is 17.6 Å². The summed E-state index contributed by atoms with van der Waals surface area (Å²) < 4.78 is 71.3. The van der Waals surface area contributed by atoms with Crippen LogP contribution in [0.3, 0.4) is 0 Å². The first kappa shape index (κ1) is 25.3. The van der Waals surface area contributed by atoms with Crippen LogP contribution in [0.1, 0.15) is 18.4 Å². The van der Waals surface area contributed by atoms with Crippen molar-refractivity contribution in [3.8, 4) is 5.75 Å². The highest BCUT2D eigenvalue weighted by atomic mass is 32.2. The van der Waals surface area contributed by atoms with Gasteiger partial charge in [0, 0.05) is 33.7 Å². The number of fused-ring (bicyclic) bond motifs is 1. The molecule has 0 spiro atoms. The molecule has 1 fully saturated rings. The molecule has 1 aromatic heterocycles. The van der Waals surface area contributed by atoms with Crippen molar-refractivity contribution in [1.82, 2.24) is 18.2 Å². The van der Waals surface area contributed by atoms with Gasteiger partial charge in [0.1, 0.15) is 5.75 Å². The van der Waals surface area contributed by atoms with Crippen LogP contribution in [0.15, 0.2) is 48.5 Å². The van der Waals surface area contributed by atoms with Crippen LogP contribution >= 0.6 is 0 Å². The Labute approximate surface area is 202 Å². The van der Waals surface area contributed by atoms with E-state index in [9.17, 15) is 21.6 Å². The molecule has 1 aliphatic heterocycles. The highest BCUT2D eigenvalue weighted by Gasteiger charge is 2.31. The summed E-state index contributed by atoms with van der Waals surface area (Å²) in [5.74, 6) is 0.602. The summed E-state index contributed by atoms with van der Waals surface area (Å²) >= 11 is 0. The summed E-state index contributed by atoms with van der Waals surface area (Å²) in [7, 11) is -0.363. The zero-order valence-corrected chi connectivity index (χ0v) is 20.3. The second-order valence-electron chi connectivity index (χ2n) is 8.72. The normalized spacial score (nSPS) is 16.2. The Morgan fingerprint density at radius 2 is 1.83 bits per heavy atom. The van der Waals surface area contributed by atoms with Crippen LogP contribution in [-0.4, -0.2) is 66.7 Å². The quantitative estimate of drug-likeness (QED) is 0.496. The molecule has 190 valence electrons. The lowest BCUT2D eigenvalue weighted by Crippen LogP contribution is -2.45. The second kappa shape index (κ2) is 10.0. The van der Waals surface area contributed by atoms with E-state index in [4.69, 9.17) is 0 Å². The SMILES string of the molecule is CN(C)S(=O)(=O)N1CCC(CNc2nc3ccccc3n2Cc2cccc(OC(F)(F)F)c2)CC1. The van der Waals surface area contributed by atoms with Crippen LogP contribution in [0, 0.1) is 5.92 Å². The zero-order chi connectivity index (χ0) is 25.2. The van der Waals surface area contributed by atoms with Crippen LogP contribution in [0.5, 0.6) is 5.75 Å². The number of piperidine rings is 1. The number of para-hydroxylation sites is 2. The number of alkyl halides is 3. The van der Waals surface area contributed by atoms with Gasteiger partial charge in [-0.1, -0.05) is 24.3 Å². The molecule has 0 unspecified atom stereocenters. The van der Waals surface area contributed by atoms with E-state index in [1.165, 1.54) is 40.9 Å². The number of rotatable bonds is 8. The summed E-state index contributed by atoms with van der Waals surface area (Å²) in [5.41, 5.74) is 2.26. The van der Waals surface area contributed by atoms with Crippen LogP contribution in [-0.2, 0) is 16.8 Å². The van der Waals surface area contributed by atoms with Gasteiger partial charge >= 0.3 is 6.36 Å². The molecule has 1 N–H and O–H groups in total. The van der Waals surface area contributed by atoms with Gasteiger partial charge in [-0.3, -0.25) is 0 Å². The van der Waals surface area contributed by atoms with E-state index in [2.05, 4.69) is 15.0 Å². The molecule has 2 aromatic carbocycles. The van der Waals surface area contributed by atoms with E-state index in [1.807, 2.05) is 28.8 Å². The Bertz CT molecular complexity index is 1270. The third kappa shape index (κ3) is 6.06. The van der Waals surface area contributed by atoms with Gasteiger partial charge in [-0.2, -0.15) is 17.0 Å². The predicted molar refractivity (Wildman–Crippen MR) is 127 cm³/mol. The Kier molecular flexibility index (Phi) is 7.25. The standard InChI is InChI=1S/C23H28F3N5O3S/c1-29(2)35(32,33)30-12-10-17(11-13-30)15-27-22-28-20-8-3-4-9-21(20)31(22)16-18-6-5-7-19(14-18)34-23(24,25)26/h3-9,14,17H,10-13,15-16H2,1-2H3,(H,27,28). The number of nitrogens with one attached hydrogen (secondary N) is 1. The van der Waals surface area contributed by atoms with Gasteiger partial charge in [-0.15, -0.1) is 13.2 Å². The van der Waals surface area contributed by atoms with Crippen LogP contribution < -0.4 is 10.1 Å². The lowest BCUT2D eigenvalue weighted by Gasteiger charge is -2.32. The van der Waals surface area contributed by atoms with Crippen molar-refractivity contribution in [2.75, 3.05) is 39.0 Å². The third-order valence-corrected chi connectivity index (χ3v) is 7.98. The summed E-state index contributed by atoms with van der Waals surface area (Å²) in [6.07, 6.45) is -3.32. The minimum absolute atomic E-state index is 0.264. The molecular formula is C23H28F3N5O3S. The van der Waals surface area contributed by atoms with Crippen LogP contribution in [0.25, 0.3) is 11.0 Å². The fourth-order valence-electron chi connectivity index (χ4n) is 4.20. The van der Waals surface area contributed by atoms with E-state index in [0.717, 1.165) is 23.9 Å². The maximum absolute atomic E-state index is 12.6. The number of halogens is 3. The molecule has 0 amide bonds. The monoisotopic (exact) mass is 511 g/mol. The van der Waals surface area contributed by atoms with E-state index in [1.54, 1.807) is 6.07 Å². The predicted octanol–water partition coefficient (Wildman–Crippen LogP) is 3.91. The smallest absolute Gasteiger partial charge is 0.406 e. The summed E-state index contributed by atoms with van der Waals surface area (Å²) in [4.78, 5) is 4.68. The van der Waals surface area contributed by atoms with Gasteiger partial charge in [0.15, 0.2) is 0 Å². The van der Waals surface area contributed by atoms with Gasteiger partial charge in [-0.05, 0) is 48.6 Å². The van der Waals surface area contributed by atoms with Crippen LogP contribution in [0.4, 0.5) is 19.1 Å². The Balaban J connectivity index is 1.48. The lowest BCUT2D eigenvalue weighted by molar-refractivity contribution is -0.274. The van der Waals surface area contributed by atoms with E-state index in [-0.39, 0.29) is 11.7 Å². The number of imidazole rings is 1. The molecule has 1 aliphatic rings. The van der Waals surface area contributed by atoms with E-state index < -0.39 is 16.6 Å². The largest absolute Gasteiger partial charge is 0.573 e. The first-order chi connectivity index (χ1) is 16.5. The van der Waals surface area contributed by atoms with Crippen molar-refractivity contribution in [2.24, 2.45) is 5.92 Å². The molecule has 0 atom stereocenters. The molecule has 2 heterocycles. The second-order valence-corrected chi connectivity index (χ2v) is 10.9. The molecule has 12 heteroatoms. The summed E-state index contributed by atoms with van der Waals surface area (Å²) in [6.45, 7) is 1.82. The molecule has 1 saturated heterocycles. The third-order valence-electron chi connectivity index (χ3n) is 6.04. The van der Waals surface area contributed by atoms with E-state index >= 15 is 0 Å². The first-order valence-electron chi connectivity index (χ1n) is 11.2. The van der Waals surface area contributed by atoms with Gasteiger partial charge in [0.2, 0.25) is 5.95 Å². The molecule has 0 saturated carbocycles. The van der Waals surface area contributed by atoms with Gasteiger partial charge in [-0.25, -0.2) is 4.98 Å². The average Bonchev–Trinajstić information content (AvgIpc) is 3.14. The highest BCUT2D eigenvalue weighted by molar-refractivity contribution is 7.86. The average molecular weight is 512 g/mol. The molecule has 3 aromatic rings. The van der Waals surface area contributed by atoms with Crippen molar-refractivity contribution in [1.29, 1.82) is 0 Å². The number of hydrogen-bond acceptors (Lipinski definition) is 5. The fraction of sp³-hybridized carbons (Fsp3) is 0.435. The number of hydrogen-bond donors (Lipinski definition) is 1. The molecule has 4 rings (SSSR count). The maximum atomic E-state index is 12.6. The first-order valence-corrected chi connectivity index (χ1v) is 12.6. The fourth-order valence-corrected chi connectivity index (χ4v) is 5.34. The molecule has 0 bridgehead atoms. The van der Waals surface area contributed by atoms with Gasteiger partial charge < -0.3 is 14.6 Å².